The van der Waals surface area contributed by atoms with Crippen LogP contribution in [-0.4, -0.2) is 24.3 Å². The van der Waals surface area contributed by atoms with Gasteiger partial charge in [-0.2, -0.15) is 26.3 Å². The number of ketones is 1. The molecule has 1 aliphatic heterocycles. The lowest BCUT2D eigenvalue weighted by Crippen LogP contribution is -2.31. The molecule has 1 heterocycles. The molecular weight excluding hydrogens is 412 g/mol. The van der Waals surface area contributed by atoms with E-state index >= 15 is 0 Å². The van der Waals surface area contributed by atoms with Crippen LogP contribution in [0.1, 0.15) is 11.1 Å². The van der Waals surface area contributed by atoms with Gasteiger partial charge in [0.15, 0.2) is 11.0 Å². The minimum Gasteiger partial charge on any atom is -0.382 e. The summed E-state index contributed by atoms with van der Waals surface area (Å²) in [6.07, 6.45) is -9.48. The molecule has 0 radical (unpaired) electrons. The van der Waals surface area contributed by atoms with Crippen LogP contribution in [0.2, 0.25) is 0 Å². The van der Waals surface area contributed by atoms with Crippen LogP contribution in [0, 0.1) is 0 Å². The highest BCUT2D eigenvalue weighted by Gasteiger charge is 2.51. The van der Waals surface area contributed by atoms with Crippen LogP contribution in [-0.2, 0) is 11.0 Å². The molecule has 2 rings (SSSR count). The Kier molecular flexibility index (Phi) is 4.78. The Hall–Kier alpha value is -1.16. The average Bonchev–Trinajstić information content (AvgIpc) is 2.75. The van der Waals surface area contributed by atoms with Gasteiger partial charge >= 0.3 is 12.4 Å². The van der Waals surface area contributed by atoms with Crippen LogP contribution in [0.4, 0.5) is 26.3 Å². The smallest absolute Gasteiger partial charge is 0.382 e. The second kappa shape index (κ2) is 6.04. The fraction of sp³-hybridized carbons (Fsp3) is 0.308. The summed E-state index contributed by atoms with van der Waals surface area (Å²) in [4.78, 5) is 12.0. The summed E-state index contributed by atoms with van der Waals surface area (Å²) in [5, 5.41) is 0.0213. The van der Waals surface area contributed by atoms with E-state index in [9.17, 15) is 31.1 Å². The van der Waals surface area contributed by atoms with Crippen molar-refractivity contribution in [2.75, 3.05) is 7.05 Å². The van der Waals surface area contributed by atoms with E-state index in [0.717, 1.165) is 6.07 Å². The van der Waals surface area contributed by atoms with E-state index in [0.29, 0.717) is 6.07 Å². The van der Waals surface area contributed by atoms with E-state index in [1.54, 1.807) is 0 Å². The number of alkyl halides is 6. The van der Waals surface area contributed by atoms with Crippen LogP contribution in [0.25, 0.3) is 5.57 Å². The largest absolute Gasteiger partial charge is 0.417 e. The summed E-state index contributed by atoms with van der Waals surface area (Å²) in [7, 11) is 1.30. The van der Waals surface area contributed by atoms with Gasteiger partial charge in [0.1, 0.15) is 0 Å². The molecule has 1 aromatic rings. The van der Waals surface area contributed by atoms with Gasteiger partial charge in [-0.1, -0.05) is 33.8 Å². The van der Waals surface area contributed by atoms with Crippen molar-refractivity contribution in [3.05, 3.63) is 38.8 Å². The molecule has 126 valence electrons. The maximum absolute atomic E-state index is 12.9. The lowest BCUT2D eigenvalue weighted by molar-refractivity contribution is -0.144. The van der Waals surface area contributed by atoms with Gasteiger partial charge in [-0.05, 0) is 17.7 Å². The van der Waals surface area contributed by atoms with Gasteiger partial charge in [-0.25, -0.2) is 0 Å². The Bertz CT molecular complexity index is 682. The van der Waals surface area contributed by atoms with Crippen molar-refractivity contribution in [2.45, 2.75) is 17.6 Å². The first-order valence-electron chi connectivity index (χ1n) is 6.03. The van der Waals surface area contributed by atoms with Crippen molar-refractivity contribution >= 4 is 39.0 Å². The lowest BCUT2D eigenvalue weighted by Gasteiger charge is -2.13. The van der Waals surface area contributed by atoms with Crippen LogP contribution < -0.4 is 5.32 Å². The van der Waals surface area contributed by atoms with E-state index < -0.39 is 34.5 Å². The van der Waals surface area contributed by atoms with Crippen LogP contribution >= 0.6 is 27.7 Å². The Morgan fingerprint density at radius 1 is 1.17 bits per heavy atom. The molecule has 1 atom stereocenters. The molecule has 0 saturated heterocycles. The molecule has 23 heavy (non-hydrogen) atoms. The van der Waals surface area contributed by atoms with Crippen molar-refractivity contribution in [1.82, 2.24) is 5.32 Å². The molecule has 0 bridgehead atoms. The Balaban J connectivity index is 2.54. The first kappa shape index (κ1) is 18.2. The third kappa shape index (κ3) is 3.52. The standard InChI is InChI=1S/C13H8BrF6NOS/c1-21-11-8(9(22)10(23-11)13(18,19)20)5-2-3-7(14)6(4-5)12(15,16)17/h2-4,10,21H,1H3. The van der Waals surface area contributed by atoms with Crippen molar-refractivity contribution in [3.63, 3.8) is 0 Å². The molecule has 0 aliphatic carbocycles. The number of thioether (sulfide) groups is 1. The molecule has 1 unspecified atom stereocenters. The van der Waals surface area contributed by atoms with Crippen molar-refractivity contribution in [2.24, 2.45) is 0 Å². The van der Waals surface area contributed by atoms with Gasteiger partial charge in [-0.15, -0.1) is 0 Å². The highest BCUT2D eigenvalue weighted by atomic mass is 79.9. The minimum absolute atomic E-state index is 0.104. The molecule has 0 aromatic heterocycles. The molecular formula is C13H8BrF6NOS. The van der Waals surface area contributed by atoms with Gasteiger partial charge in [0.2, 0.25) is 0 Å². The second-order valence-electron chi connectivity index (χ2n) is 4.55. The first-order chi connectivity index (χ1) is 10.5. The summed E-state index contributed by atoms with van der Waals surface area (Å²) in [6.45, 7) is 0. The van der Waals surface area contributed by atoms with E-state index in [4.69, 9.17) is 0 Å². The van der Waals surface area contributed by atoms with Crippen molar-refractivity contribution in [1.29, 1.82) is 0 Å². The van der Waals surface area contributed by atoms with E-state index in [1.807, 2.05) is 0 Å². The number of hydrogen-bond donors (Lipinski definition) is 1. The summed E-state index contributed by atoms with van der Waals surface area (Å²) in [5.41, 5.74) is -1.67. The summed E-state index contributed by atoms with van der Waals surface area (Å²) >= 11 is 2.99. The van der Waals surface area contributed by atoms with Crippen LogP contribution in [0.5, 0.6) is 0 Å². The third-order valence-electron chi connectivity index (χ3n) is 3.03. The first-order valence-corrected chi connectivity index (χ1v) is 7.70. The maximum Gasteiger partial charge on any atom is 0.417 e. The highest BCUT2D eigenvalue weighted by molar-refractivity contribution is 9.10. The number of allylic oxidation sites excluding steroid dienone is 1. The predicted molar refractivity (Wildman–Crippen MR) is 77.6 cm³/mol. The quantitative estimate of drug-likeness (QED) is 0.710. The Labute approximate surface area is 139 Å². The molecule has 2 nitrogen and oxygen atoms in total. The molecule has 1 aliphatic rings. The SMILES string of the molecule is CNC1=C(c2ccc(Br)c(C(F)(F)F)c2)C(=O)C(C(F)(F)F)S1. The second-order valence-corrected chi connectivity index (χ2v) is 6.52. The number of rotatable bonds is 2. The number of halogens is 7. The van der Waals surface area contributed by atoms with E-state index in [1.165, 1.54) is 13.1 Å². The molecule has 0 saturated carbocycles. The normalized spacial score (nSPS) is 19.5. The van der Waals surface area contributed by atoms with Gasteiger partial charge < -0.3 is 5.32 Å². The monoisotopic (exact) mass is 419 g/mol. The molecule has 0 amide bonds. The predicted octanol–water partition coefficient (Wildman–Crippen LogP) is 4.60. The molecule has 1 aromatic carbocycles. The zero-order chi connectivity index (χ0) is 17.6. The summed E-state index contributed by atoms with van der Waals surface area (Å²) < 4.78 is 77.1. The number of benzene rings is 1. The zero-order valence-electron chi connectivity index (χ0n) is 11.3. The lowest BCUT2D eigenvalue weighted by atomic mass is 9.98. The average molecular weight is 420 g/mol. The highest BCUT2D eigenvalue weighted by Crippen LogP contribution is 2.46. The van der Waals surface area contributed by atoms with Crippen molar-refractivity contribution in [3.8, 4) is 0 Å². The Morgan fingerprint density at radius 2 is 1.78 bits per heavy atom. The van der Waals surface area contributed by atoms with Gasteiger partial charge in [-0.3, -0.25) is 4.79 Å². The topological polar surface area (TPSA) is 29.1 Å². The fourth-order valence-corrected chi connectivity index (χ4v) is 3.56. The molecule has 10 heteroatoms. The number of nitrogens with one attached hydrogen (secondary N) is 1. The molecule has 0 spiro atoms. The van der Waals surface area contributed by atoms with Crippen LogP contribution in [0.15, 0.2) is 27.7 Å². The fourth-order valence-electron chi connectivity index (χ4n) is 2.04. The number of carbonyl (C=O) groups excluding carboxylic acids is 1. The van der Waals surface area contributed by atoms with Gasteiger partial charge in [0, 0.05) is 11.5 Å². The molecule has 0 fully saturated rings. The Morgan fingerprint density at radius 3 is 2.26 bits per heavy atom. The van der Waals surface area contributed by atoms with E-state index in [-0.39, 0.29) is 26.8 Å². The van der Waals surface area contributed by atoms with E-state index in [2.05, 4.69) is 21.2 Å². The van der Waals surface area contributed by atoms with Crippen molar-refractivity contribution < 1.29 is 31.1 Å². The van der Waals surface area contributed by atoms with Crippen LogP contribution in [0.3, 0.4) is 0 Å². The zero-order valence-corrected chi connectivity index (χ0v) is 13.7. The van der Waals surface area contributed by atoms with Gasteiger partial charge in [0.05, 0.1) is 16.2 Å². The van der Waals surface area contributed by atoms with Gasteiger partial charge in [0.25, 0.3) is 0 Å². The molecule has 1 N–H and O–H groups in total. The minimum atomic E-state index is -4.78. The number of carbonyl (C=O) groups is 1. The maximum atomic E-state index is 12.9. The summed E-state index contributed by atoms with van der Waals surface area (Å²) in [5.74, 6) is -1.26. The third-order valence-corrected chi connectivity index (χ3v) is 5.08. The number of Topliss-reactive ketones (excluding diaryl/α,β-unsaturated/α-hetero) is 1. The number of hydrogen-bond acceptors (Lipinski definition) is 3. The summed E-state index contributed by atoms with van der Waals surface area (Å²) in [6, 6.07) is 2.88.